The summed E-state index contributed by atoms with van der Waals surface area (Å²) in [7, 11) is 1.16. The van der Waals surface area contributed by atoms with Gasteiger partial charge in [0, 0.05) is 12.8 Å². The van der Waals surface area contributed by atoms with E-state index in [0.717, 1.165) is 51.4 Å². The van der Waals surface area contributed by atoms with Gasteiger partial charge in [-0.2, -0.15) is 0 Å². The Bertz CT molecular complexity index is 980. The smallest absolute Gasteiger partial charge is 0.306 e. The monoisotopic (exact) mass is 786 g/mol. The highest BCUT2D eigenvalue weighted by Gasteiger charge is 2.21. The van der Waals surface area contributed by atoms with E-state index in [4.69, 9.17) is 18.5 Å². The quantitative estimate of drug-likeness (QED) is 0.0198. The summed E-state index contributed by atoms with van der Waals surface area (Å²) in [5.74, 6) is -0.838. The van der Waals surface area contributed by atoms with Gasteiger partial charge in [0.1, 0.15) is 19.8 Å². The first-order valence-electron chi connectivity index (χ1n) is 22.0. The van der Waals surface area contributed by atoms with Gasteiger partial charge in [-0.05, 0) is 44.9 Å². The van der Waals surface area contributed by atoms with E-state index in [1.807, 2.05) is 21.1 Å². The van der Waals surface area contributed by atoms with Crippen molar-refractivity contribution in [3.05, 3.63) is 24.3 Å². The average molecular weight is 786 g/mol. The first kappa shape index (κ1) is 52.5. The van der Waals surface area contributed by atoms with Gasteiger partial charge in [0.15, 0.2) is 6.10 Å². The van der Waals surface area contributed by atoms with Gasteiger partial charge in [-0.1, -0.05) is 160 Å². The Kier molecular flexibility index (Phi) is 36.1. The topological polar surface area (TPSA) is 111 Å². The summed E-state index contributed by atoms with van der Waals surface area (Å²) in [4.78, 5) is 37.5. The van der Waals surface area contributed by atoms with Crippen LogP contribution in [0.25, 0.3) is 0 Å². The molecule has 0 saturated carbocycles. The number of carbonyl (C=O) groups is 2. The molecular weight excluding hydrogens is 701 g/mol. The van der Waals surface area contributed by atoms with Crippen LogP contribution in [0.1, 0.15) is 194 Å². The van der Waals surface area contributed by atoms with Crippen molar-refractivity contribution < 1.29 is 42.1 Å². The van der Waals surface area contributed by atoms with E-state index >= 15 is 0 Å². The molecule has 0 saturated heterocycles. The zero-order chi connectivity index (χ0) is 40.0. The number of allylic oxidation sites excluding steroid dienone is 4. The van der Waals surface area contributed by atoms with Crippen LogP contribution in [0.3, 0.4) is 0 Å². The van der Waals surface area contributed by atoms with Gasteiger partial charge in [0.2, 0.25) is 0 Å². The van der Waals surface area contributed by atoms with Gasteiger partial charge < -0.3 is 27.9 Å². The number of quaternary nitrogens is 1. The number of likely N-dealkylation sites (N-methyl/N-ethyl adjacent to an activating group) is 1. The number of phosphoric acid groups is 1. The molecule has 0 amide bonds. The molecule has 0 bridgehead atoms. The SMILES string of the molecule is CCCCC/C=C/C/C=C/CCCCCCCCCC(=O)O[C@H](COC(=O)CCCCCCCCCCCCCCC)COP(=O)([O-])OCC[N+](C)(C)C. The minimum atomic E-state index is -4.62. The van der Waals surface area contributed by atoms with Crippen LogP contribution in [0, 0.1) is 0 Å². The van der Waals surface area contributed by atoms with Crippen molar-refractivity contribution in [1.82, 2.24) is 0 Å². The maximum atomic E-state index is 12.7. The molecule has 10 heteroatoms. The van der Waals surface area contributed by atoms with Crippen molar-refractivity contribution in [2.45, 2.75) is 200 Å². The van der Waals surface area contributed by atoms with Crippen molar-refractivity contribution in [3.8, 4) is 0 Å². The van der Waals surface area contributed by atoms with E-state index in [2.05, 4.69) is 38.2 Å². The number of nitrogens with zero attached hydrogens (tertiary/aromatic N) is 1. The second-order valence-electron chi connectivity index (χ2n) is 16.1. The molecule has 54 heavy (non-hydrogen) atoms. The maximum Gasteiger partial charge on any atom is 0.306 e. The van der Waals surface area contributed by atoms with Crippen molar-refractivity contribution in [1.29, 1.82) is 0 Å². The predicted molar refractivity (Wildman–Crippen MR) is 222 cm³/mol. The molecule has 9 nitrogen and oxygen atoms in total. The molecule has 1 unspecified atom stereocenters. The minimum Gasteiger partial charge on any atom is -0.756 e. The minimum absolute atomic E-state index is 0.0307. The Hall–Kier alpha value is -1.51. The number of unbranched alkanes of at least 4 members (excludes halogenated alkanes) is 22. The number of hydrogen-bond acceptors (Lipinski definition) is 8. The molecule has 0 aliphatic rings. The van der Waals surface area contributed by atoms with E-state index in [-0.39, 0.29) is 32.0 Å². The molecule has 0 heterocycles. The lowest BCUT2D eigenvalue weighted by Gasteiger charge is -2.28. The van der Waals surface area contributed by atoms with Crippen molar-refractivity contribution >= 4 is 19.8 Å². The van der Waals surface area contributed by atoms with Gasteiger partial charge in [0.05, 0.1) is 27.7 Å². The molecule has 0 spiro atoms. The first-order chi connectivity index (χ1) is 26.0. The summed E-state index contributed by atoms with van der Waals surface area (Å²) in [6, 6.07) is 0. The third kappa shape index (κ3) is 40.2. The van der Waals surface area contributed by atoms with Crippen LogP contribution in [0.4, 0.5) is 0 Å². The van der Waals surface area contributed by atoms with Crippen molar-refractivity contribution in [2.75, 3.05) is 47.5 Å². The molecule has 0 aromatic rings. The lowest BCUT2D eigenvalue weighted by molar-refractivity contribution is -0.870. The van der Waals surface area contributed by atoms with Crippen LogP contribution in [0.15, 0.2) is 24.3 Å². The summed E-state index contributed by atoms with van der Waals surface area (Å²) in [5.41, 5.74) is 0. The number of phosphoric ester groups is 1. The first-order valence-corrected chi connectivity index (χ1v) is 23.5. The van der Waals surface area contributed by atoms with Gasteiger partial charge >= 0.3 is 11.9 Å². The molecule has 318 valence electrons. The summed E-state index contributed by atoms with van der Waals surface area (Å²) in [6.45, 7) is 4.20. The van der Waals surface area contributed by atoms with Gasteiger partial charge in [-0.3, -0.25) is 14.2 Å². The highest BCUT2D eigenvalue weighted by Crippen LogP contribution is 2.38. The lowest BCUT2D eigenvalue weighted by Crippen LogP contribution is -2.37. The highest BCUT2D eigenvalue weighted by atomic mass is 31.2. The number of esters is 2. The fourth-order valence-corrected chi connectivity index (χ4v) is 6.71. The van der Waals surface area contributed by atoms with Crippen LogP contribution in [0.2, 0.25) is 0 Å². The number of carbonyl (C=O) groups excluding carboxylic acids is 2. The fourth-order valence-electron chi connectivity index (χ4n) is 5.98. The van der Waals surface area contributed by atoms with Gasteiger partial charge in [-0.25, -0.2) is 0 Å². The molecule has 0 aromatic carbocycles. The lowest BCUT2D eigenvalue weighted by atomic mass is 10.0. The molecule has 0 aliphatic heterocycles. The molecule has 0 rings (SSSR count). The molecule has 0 N–H and O–H groups in total. The van der Waals surface area contributed by atoms with E-state index < -0.39 is 26.5 Å². The third-order valence-electron chi connectivity index (χ3n) is 9.47. The van der Waals surface area contributed by atoms with Crippen LogP contribution in [-0.4, -0.2) is 70.0 Å². The Morgan fingerprint density at radius 2 is 1.00 bits per heavy atom. The molecule has 0 aliphatic carbocycles. The zero-order valence-electron chi connectivity index (χ0n) is 35.7. The molecule has 2 atom stereocenters. The van der Waals surface area contributed by atoms with E-state index in [9.17, 15) is 19.0 Å². The summed E-state index contributed by atoms with van der Waals surface area (Å²) in [5, 5.41) is 0. The van der Waals surface area contributed by atoms with Gasteiger partial charge in [0.25, 0.3) is 7.82 Å². The zero-order valence-corrected chi connectivity index (χ0v) is 36.6. The third-order valence-corrected chi connectivity index (χ3v) is 10.4. The predicted octanol–water partition coefficient (Wildman–Crippen LogP) is 11.7. The fraction of sp³-hybridized carbons (Fsp3) is 0.864. The highest BCUT2D eigenvalue weighted by molar-refractivity contribution is 7.45. The number of ether oxygens (including phenoxy) is 2. The normalized spacial score (nSPS) is 13.8. The Morgan fingerprint density at radius 1 is 0.574 bits per heavy atom. The Labute approximate surface area is 332 Å². The summed E-state index contributed by atoms with van der Waals surface area (Å²) < 4.78 is 33.9. The van der Waals surface area contributed by atoms with Crippen molar-refractivity contribution in [3.63, 3.8) is 0 Å². The van der Waals surface area contributed by atoms with Crippen LogP contribution in [-0.2, 0) is 32.7 Å². The molecule has 0 fully saturated rings. The second kappa shape index (κ2) is 37.1. The Morgan fingerprint density at radius 3 is 1.50 bits per heavy atom. The Balaban J connectivity index is 4.36. The number of hydrogen-bond donors (Lipinski definition) is 0. The maximum absolute atomic E-state index is 12.7. The molecule has 0 radical (unpaired) electrons. The number of rotatable bonds is 40. The summed E-state index contributed by atoms with van der Waals surface area (Å²) in [6.07, 6.45) is 39.1. The average Bonchev–Trinajstić information content (AvgIpc) is 3.12. The van der Waals surface area contributed by atoms with Crippen LogP contribution >= 0.6 is 7.82 Å². The summed E-state index contributed by atoms with van der Waals surface area (Å²) >= 11 is 0. The molecule has 0 aromatic heterocycles. The van der Waals surface area contributed by atoms with Gasteiger partial charge in [-0.15, -0.1) is 0 Å². The molecular formula is C44H84NO8P. The second-order valence-corrected chi connectivity index (χ2v) is 17.5. The largest absolute Gasteiger partial charge is 0.756 e. The van der Waals surface area contributed by atoms with Crippen molar-refractivity contribution in [2.24, 2.45) is 0 Å². The standard InChI is InChI=1S/C44H84NO8P/c1-6-8-10-12-14-16-18-20-21-22-23-25-27-29-31-33-35-37-44(47)53-42(41-52-54(48,49)51-39-38-45(3,4)5)40-50-43(46)36-34-32-30-28-26-24-19-17-15-13-11-9-7-2/h14,16,20-21,42H,6-13,15,17-19,22-41H2,1-5H3/b16-14+,21-20+/t42-/m1/s1. The van der Waals surface area contributed by atoms with E-state index in [1.165, 1.54) is 109 Å². The van der Waals surface area contributed by atoms with Crippen LogP contribution < -0.4 is 4.89 Å². The van der Waals surface area contributed by atoms with Crippen LogP contribution in [0.5, 0.6) is 0 Å². The van der Waals surface area contributed by atoms with E-state index in [0.29, 0.717) is 17.4 Å². The van der Waals surface area contributed by atoms with E-state index in [1.54, 1.807) is 0 Å².